The van der Waals surface area contributed by atoms with E-state index in [1.54, 1.807) is 36.4 Å². The number of carbonyl (C=O) groups is 3. The van der Waals surface area contributed by atoms with Crippen molar-refractivity contribution in [3.8, 4) is 0 Å². The minimum atomic E-state index is -0.897. The summed E-state index contributed by atoms with van der Waals surface area (Å²) in [6, 6.07) is 32.7. The molecule has 0 saturated heterocycles. The Morgan fingerprint density at radius 1 is 0.703 bits per heavy atom. The van der Waals surface area contributed by atoms with Crippen LogP contribution in [0.25, 0.3) is 21.5 Å². The molecule has 0 radical (unpaired) electrons. The van der Waals surface area contributed by atoms with Crippen LogP contribution in [0.15, 0.2) is 109 Å². The van der Waals surface area contributed by atoms with Gasteiger partial charge in [-0.15, -0.1) is 0 Å². The first kappa shape index (κ1) is 23.9. The Bertz CT molecular complexity index is 1550. The smallest absolute Gasteiger partial charge is 0.328 e. The summed E-state index contributed by atoms with van der Waals surface area (Å²) in [4.78, 5) is 39.0. The molecule has 0 spiro atoms. The summed E-state index contributed by atoms with van der Waals surface area (Å²) >= 11 is 0. The number of carbonyl (C=O) groups excluding carboxylic acids is 3. The summed E-state index contributed by atoms with van der Waals surface area (Å²) in [7, 11) is 1.30. The Morgan fingerprint density at radius 2 is 1.24 bits per heavy atom. The average molecular weight is 488 g/mol. The van der Waals surface area contributed by atoms with E-state index in [9.17, 15) is 14.4 Å². The van der Waals surface area contributed by atoms with E-state index < -0.39 is 12.0 Å². The van der Waals surface area contributed by atoms with Crippen LogP contribution in [0.3, 0.4) is 0 Å². The van der Waals surface area contributed by atoms with Gasteiger partial charge in [-0.1, -0.05) is 103 Å². The van der Waals surface area contributed by atoms with Crippen molar-refractivity contribution >= 4 is 39.2 Å². The number of esters is 1. The second-order valence-electron chi connectivity index (χ2n) is 8.84. The lowest BCUT2D eigenvalue weighted by molar-refractivity contribution is -0.142. The molecule has 182 valence electrons. The standard InChI is InChI=1S/C32H25NO4/c1-37-32(36)28(19-21-15-17-23(18-16-21)30(34)22-9-3-2-4-10-22)33-31(35)29-26-13-7-5-11-24(26)20-25-12-6-8-14-27(25)29/h2-18,20,28H,19H2,1H3,(H,33,35)/t28-/m0/s1. The Labute approximate surface area is 214 Å². The van der Waals surface area contributed by atoms with Crippen molar-refractivity contribution in [3.63, 3.8) is 0 Å². The number of rotatable bonds is 7. The largest absolute Gasteiger partial charge is 0.467 e. The first-order valence-corrected chi connectivity index (χ1v) is 12.0. The first-order valence-electron chi connectivity index (χ1n) is 12.0. The third kappa shape index (κ3) is 4.98. The monoisotopic (exact) mass is 487 g/mol. The van der Waals surface area contributed by atoms with E-state index >= 15 is 0 Å². The molecule has 37 heavy (non-hydrogen) atoms. The van der Waals surface area contributed by atoms with E-state index in [1.165, 1.54) is 7.11 Å². The molecule has 0 fully saturated rings. The fraction of sp³-hybridized carbons (Fsp3) is 0.0938. The molecule has 0 bridgehead atoms. The molecule has 5 nitrogen and oxygen atoms in total. The third-order valence-electron chi connectivity index (χ3n) is 6.48. The maximum absolute atomic E-state index is 13.6. The van der Waals surface area contributed by atoms with Gasteiger partial charge < -0.3 is 10.1 Å². The summed E-state index contributed by atoms with van der Waals surface area (Å²) in [5.74, 6) is -0.964. The van der Waals surface area contributed by atoms with Gasteiger partial charge in [0.1, 0.15) is 6.04 Å². The van der Waals surface area contributed by atoms with Crippen molar-refractivity contribution in [3.05, 3.63) is 131 Å². The Morgan fingerprint density at radius 3 is 1.84 bits per heavy atom. The minimum absolute atomic E-state index is 0.0761. The molecule has 0 aliphatic carbocycles. The molecule has 0 aromatic heterocycles. The zero-order chi connectivity index (χ0) is 25.8. The lowest BCUT2D eigenvalue weighted by Gasteiger charge is -2.18. The Balaban J connectivity index is 1.42. The number of benzene rings is 5. The third-order valence-corrected chi connectivity index (χ3v) is 6.48. The number of methoxy groups -OCH3 is 1. The summed E-state index contributed by atoms with van der Waals surface area (Å²) in [6.45, 7) is 0. The van der Waals surface area contributed by atoms with E-state index in [0.29, 0.717) is 16.7 Å². The molecule has 1 atom stereocenters. The molecule has 0 unspecified atom stereocenters. The zero-order valence-corrected chi connectivity index (χ0v) is 20.3. The van der Waals surface area contributed by atoms with Crippen molar-refractivity contribution in [2.45, 2.75) is 12.5 Å². The maximum atomic E-state index is 13.6. The van der Waals surface area contributed by atoms with Crippen molar-refractivity contribution in [1.82, 2.24) is 5.32 Å². The highest BCUT2D eigenvalue weighted by Gasteiger charge is 2.25. The lowest BCUT2D eigenvalue weighted by atomic mass is 9.95. The number of ketones is 1. The highest BCUT2D eigenvalue weighted by atomic mass is 16.5. The second kappa shape index (κ2) is 10.5. The van der Waals surface area contributed by atoms with E-state index in [-0.39, 0.29) is 18.1 Å². The zero-order valence-electron chi connectivity index (χ0n) is 20.3. The van der Waals surface area contributed by atoms with Crippen molar-refractivity contribution < 1.29 is 19.1 Å². The van der Waals surface area contributed by atoms with Gasteiger partial charge in [-0.3, -0.25) is 9.59 Å². The maximum Gasteiger partial charge on any atom is 0.328 e. The van der Waals surface area contributed by atoms with Gasteiger partial charge in [0.2, 0.25) is 0 Å². The lowest BCUT2D eigenvalue weighted by Crippen LogP contribution is -2.43. The van der Waals surface area contributed by atoms with E-state index in [2.05, 4.69) is 11.4 Å². The molecule has 5 heteroatoms. The number of nitrogens with one attached hydrogen (secondary N) is 1. The number of hydrogen-bond acceptors (Lipinski definition) is 4. The van der Waals surface area contributed by atoms with Crippen molar-refractivity contribution in [1.29, 1.82) is 0 Å². The highest BCUT2D eigenvalue weighted by Crippen LogP contribution is 2.28. The minimum Gasteiger partial charge on any atom is -0.467 e. The van der Waals surface area contributed by atoms with Crippen LogP contribution in [-0.2, 0) is 16.0 Å². The Kier molecular flexibility index (Phi) is 6.77. The first-order chi connectivity index (χ1) is 18.0. The van der Waals surface area contributed by atoms with Gasteiger partial charge in [-0.05, 0) is 33.2 Å². The van der Waals surface area contributed by atoms with Crippen LogP contribution in [-0.4, -0.2) is 30.8 Å². The molecule has 5 aromatic carbocycles. The predicted octanol–water partition coefficient (Wildman–Crippen LogP) is 5.74. The normalized spacial score (nSPS) is 11.7. The molecule has 1 amide bonds. The van der Waals surface area contributed by atoms with Gasteiger partial charge in [0, 0.05) is 17.5 Å². The van der Waals surface area contributed by atoms with E-state index in [1.807, 2.05) is 66.7 Å². The molecule has 5 aromatic rings. The fourth-order valence-electron chi connectivity index (χ4n) is 4.61. The molecule has 1 N–H and O–H groups in total. The molecule has 0 aliphatic rings. The quantitative estimate of drug-likeness (QED) is 0.181. The van der Waals surface area contributed by atoms with Crippen LogP contribution in [0.4, 0.5) is 0 Å². The van der Waals surface area contributed by atoms with Gasteiger partial charge in [0.25, 0.3) is 5.91 Å². The Hall–Kier alpha value is -4.77. The molecule has 0 aliphatic heterocycles. The molecule has 0 heterocycles. The average Bonchev–Trinajstić information content (AvgIpc) is 2.95. The van der Waals surface area contributed by atoms with Gasteiger partial charge in [-0.25, -0.2) is 4.79 Å². The van der Waals surface area contributed by atoms with Crippen molar-refractivity contribution in [2.24, 2.45) is 0 Å². The van der Waals surface area contributed by atoms with Crippen molar-refractivity contribution in [2.75, 3.05) is 7.11 Å². The van der Waals surface area contributed by atoms with Crippen LogP contribution >= 0.6 is 0 Å². The van der Waals surface area contributed by atoms with Gasteiger partial charge >= 0.3 is 5.97 Å². The SMILES string of the molecule is COC(=O)[C@H](Cc1ccc(C(=O)c2ccccc2)cc1)NC(=O)c1c2ccccc2cc2ccccc12. The number of hydrogen-bond donors (Lipinski definition) is 1. The summed E-state index contributed by atoms with van der Waals surface area (Å²) in [5.41, 5.74) is 2.47. The number of ether oxygens (including phenoxy) is 1. The summed E-state index contributed by atoms with van der Waals surface area (Å²) in [5, 5.41) is 6.41. The summed E-state index contributed by atoms with van der Waals surface area (Å²) < 4.78 is 5.01. The van der Waals surface area contributed by atoms with E-state index in [4.69, 9.17) is 4.74 Å². The van der Waals surface area contributed by atoms with Crippen LogP contribution < -0.4 is 5.32 Å². The van der Waals surface area contributed by atoms with Gasteiger partial charge in [0.15, 0.2) is 5.78 Å². The predicted molar refractivity (Wildman–Crippen MR) is 145 cm³/mol. The van der Waals surface area contributed by atoms with Gasteiger partial charge in [-0.2, -0.15) is 0 Å². The topological polar surface area (TPSA) is 72.5 Å². The molecule has 0 saturated carbocycles. The fourth-order valence-corrected chi connectivity index (χ4v) is 4.61. The van der Waals surface area contributed by atoms with Crippen LogP contribution in [0.1, 0.15) is 31.8 Å². The highest BCUT2D eigenvalue weighted by molar-refractivity contribution is 6.18. The van der Waals surface area contributed by atoms with E-state index in [0.717, 1.165) is 27.1 Å². The number of fused-ring (bicyclic) bond motifs is 2. The van der Waals surface area contributed by atoms with Crippen LogP contribution in [0.5, 0.6) is 0 Å². The second-order valence-corrected chi connectivity index (χ2v) is 8.84. The summed E-state index contributed by atoms with van der Waals surface area (Å²) in [6.07, 6.45) is 0.223. The molecular weight excluding hydrogens is 462 g/mol. The van der Waals surface area contributed by atoms with Crippen LogP contribution in [0.2, 0.25) is 0 Å². The molecule has 5 rings (SSSR count). The number of amides is 1. The molecular formula is C32H25NO4. The van der Waals surface area contributed by atoms with Crippen LogP contribution in [0, 0.1) is 0 Å². The van der Waals surface area contributed by atoms with Gasteiger partial charge in [0.05, 0.1) is 12.7 Å².